The molecule has 0 aliphatic carbocycles. The topological polar surface area (TPSA) is 59.6 Å². The Morgan fingerprint density at radius 3 is 2.52 bits per heavy atom. The molecule has 0 spiro atoms. The van der Waals surface area contributed by atoms with E-state index in [9.17, 15) is 9.59 Å². The molecule has 0 atom stereocenters. The van der Waals surface area contributed by atoms with E-state index in [4.69, 9.17) is 11.6 Å². The van der Waals surface area contributed by atoms with Crippen molar-refractivity contribution in [1.82, 2.24) is 19.1 Å². The summed E-state index contributed by atoms with van der Waals surface area (Å²) in [6.45, 7) is 8.55. The van der Waals surface area contributed by atoms with Crippen LogP contribution in [0.4, 0.5) is 0 Å². The molecule has 0 saturated carbocycles. The first-order valence-corrected chi connectivity index (χ1v) is 11.3. The lowest BCUT2D eigenvalue weighted by Crippen LogP contribution is -2.39. The van der Waals surface area contributed by atoms with Gasteiger partial charge >= 0.3 is 0 Å². The monoisotopic (exact) mass is 442 g/mol. The summed E-state index contributed by atoms with van der Waals surface area (Å²) in [7, 11) is 1.95. The van der Waals surface area contributed by atoms with Crippen LogP contribution in [-0.4, -0.2) is 31.0 Å². The second-order valence-electron chi connectivity index (χ2n) is 8.01. The van der Waals surface area contributed by atoms with E-state index in [1.807, 2.05) is 23.4 Å². The van der Waals surface area contributed by atoms with Crippen molar-refractivity contribution in [3.8, 4) is 0 Å². The third kappa shape index (κ3) is 4.54. The van der Waals surface area contributed by atoms with Gasteiger partial charge in [0.2, 0.25) is 0 Å². The number of rotatable bonds is 8. The Hall–Kier alpha value is -2.60. The van der Waals surface area contributed by atoms with Crippen molar-refractivity contribution in [2.45, 2.75) is 66.0 Å². The number of hydrogen-bond acceptors (Lipinski definition) is 3. The molecule has 6 nitrogen and oxygen atoms in total. The Bertz CT molecular complexity index is 1140. The van der Waals surface area contributed by atoms with Crippen LogP contribution in [-0.2, 0) is 20.0 Å². The second-order valence-corrected chi connectivity index (χ2v) is 8.44. The van der Waals surface area contributed by atoms with Gasteiger partial charge in [-0.05, 0) is 44.4 Å². The first-order valence-electron chi connectivity index (χ1n) is 11.0. The molecule has 0 N–H and O–H groups in total. The van der Waals surface area contributed by atoms with E-state index >= 15 is 0 Å². The fraction of sp³-hybridized carbons (Fsp3) is 0.458. The quantitative estimate of drug-likeness (QED) is 0.504. The van der Waals surface area contributed by atoms with Gasteiger partial charge in [-0.2, -0.15) is 9.61 Å². The van der Waals surface area contributed by atoms with E-state index in [2.05, 4.69) is 25.9 Å². The highest BCUT2D eigenvalue weighted by molar-refractivity contribution is 6.30. The molecule has 0 saturated heterocycles. The summed E-state index contributed by atoms with van der Waals surface area (Å²) in [5, 5.41) is 5.22. The Morgan fingerprint density at radius 2 is 1.90 bits per heavy atom. The minimum absolute atomic E-state index is 0.0629. The Kier molecular flexibility index (Phi) is 7.21. The number of carbonyl (C=O) groups is 1. The van der Waals surface area contributed by atoms with Crippen LogP contribution in [0.2, 0.25) is 5.02 Å². The predicted molar refractivity (Wildman–Crippen MR) is 125 cm³/mol. The van der Waals surface area contributed by atoms with E-state index in [0.717, 1.165) is 48.3 Å². The van der Waals surface area contributed by atoms with Gasteiger partial charge in [0, 0.05) is 41.0 Å². The maximum Gasteiger partial charge on any atom is 0.274 e. The molecule has 0 fully saturated rings. The lowest BCUT2D eigenvalue weighted by Gasteiger charge is -2.30. The molecule has 3 rings (SSSR count). The van der Waals surface area contributed by atoms with Gasteiger partial charge < -0.3 is 9.47 Å². The number of fused-ring (bicyclic) bond motifs is 1. The Morgan fingerprint density at radius 1 is 1.19 bits per heavy atom. The Balaban J connectivity index is 2.14. The fourth-order valence-electron chi connectivity index (χ4n) is 4.17. The fourth-order valence-corrected chi connectivity index (χ4v) is 4.36. The van der Waals surface area contributed by atoms with Crippen LogP contribution >= 0.6 is 11.6 Å². The lowest BCUT2D eigenvalue weighted by molar-refractivity contribution is 0.0646. The van der Waals surface area contributed by atoms with Gasteiger partial charge in [0.15, 0.2) is 0 Å². The van der Waals surface area contributed by atoms with Gasteiger partial charge in [-0.15, -0.1) is 0 Å². The molecule has 0 aliphatic heterocycles. The number of halogens is 1. The number of benzene rings is 1. The summed E-state index contributed by atoms with van der Waals surface area (Å²) >= 11 is 6.15. The maximum absolute atomic E-state index is 13.5. The summed E-state index contributed by atoms with van der Waals surface area (Å²) in [6, 6.07) is 8.71. The molecule has 1 amide bonds. The van der Waals surface area contributed by atoms with Gasteiger partial charge in [0.1, 0.15) is 5.65 Å². The highest BCUT2D eigenvalue weighted by Crippen LogP contribution is 2.23. The van der Waals surface area contributed by atoms with Crippen molar-refractivity contribution >= 4 is 23.2 Å². The number of nitrogens with zero attached hydrogens (tertiary/aromatic N) is 4. The zero-order valence-corrected chi connectivity index (χ0v) is 19.7. The normalized spacial score (nSPS) is 11.5. The molecular weight excluding hydrogens is 412 g/mol. The van der Waals surface area contributed by atoms with E-state index in [1.165, 1.54) is 4.52 Å². The summed E-state index contributed by atoms with van der Waals surface area (Å²) in [5.41, 5.74) is 3.91. The SMILES string of the molecule is CCCc1c(CN(C(=O)c2cccc(Cl)c2)C(CC)CC)nn2c(=O)cc(C)n(C)c12. The van der Waals surface area contributed by atoms with Gasteiger partial charge in [-0.3, -0.25) is 9.59 Å². The Labute approximate surface area is 188 Å². The number of hydrogen-bond donors (Lipinski definition) is 0. The minimum atomic E-state index is -0.149. The molecule has 166 valence electrons. The number of carbonyl (C=O) groups excluding carboxylic acids is 1. The highest BCUT2D eigenvalue weighted by atomic mass is 35.5. The summed E-state index contributed by atoms with van der Waals surface area (Å²) < 4.78 is 3.48. The van der Waals surface area contributed by atoms with E-state index in [-0.39, 0.29) is 17.5 Å². The average Bonchev–Trinajstić information content (AvgIpc) is 3.11. The van der Waals surface area contributed by atoms with Crippen molar-refractivity contribution in [2.75, 3.05) is 0 Å². The molecule has 0 unspecified atom stereocenters. The summed E-state index contributed by atoms with van der Waals surface area (Å²) in [6.07, 6.45) is 3.37. The molecule has 0 radical (unpaired) electrons. The number of aryl methyl sites for hydroxylation is 3. The first kappa shape index (κ1) is 23.1. The van der Waals surface area contributed by atoms with Crippen molar-refractivity contribution in [1.29, 1.82) is 0 Å². The van der Waals surface area contributed by atoms with Crippen LogP contribution in [0, 0.1) is 6.92 Å². The standard InChI is InChI=1S/C24H31ClN4O2/c1-6-10-20-21(26-29-22(30)13-16(4)27(5)23(20)29)15-28(19(7-2)8-3)24(31)17-11-9-12-18(25)14-17/h9,11-14,19H,6-8,10,15H2,1-5H3. The predicted octanol–water partition coefficient (Wildman–Crippen LogP) is 4.78. The minimum Gasteiger partial charge on any atom is -0.333 e. The zero-order chi connectivity index (χ0) is 22.7. The zero-order valence-electron chi connectivity index (χ0n) is 19.0. The van der Waals surface area contributed by atoms with Crippen molar-refractivity contribution in [3.63, 3.8) is 0 Å². The van der Waals surface area contributed by atoms with E-state index in [1.54, 1.807) is 30.3 Å². The van der Waals surface area contributed by atoms with Crippen LogP contribution in [0.25, 0.3) is 5.65 Å². The third-order valence-corrected chi connectivity index (χ3v) is 6.20. The smallest absolute Gasteiger partial charge is 0.274 e. The van der Waals surface area contributed by atoms with Gasteiger partial charge in [0.25, 0.3) is 11.5 Å². The highest BCUT2D eigenvalue weighted by Gasteiger charge is 2.26. The molecule has 2 heterocycles. The van der Waals surface area contributed by atoms with Gasteiger partial charge in [-0.1, -0.05) is 44.9 Å². The van der Waals surface area contributed by atoms with Crippen LogP contribution in [0.5, 0.6) is 0 Å². The molecule has 0 aliphatic rings. The number of amides is 1. The number of aromatic nitrogens is 3. The average molecular weight is 443 g/mol. The lowest BCUT2D eigenvalue weighted by atomic mass is 10.1. The largest absolute Gasteiger partial charge is 0.333 e. The van der Waals surface area contributed by atoms with Crippen LogP contribution in [0.1, 0.15) is 67.3 Å². The molecule has 31 heavy (non-hydrogen) atoms. The molecule has 7 heteroatoms. The molecule has 1 aromatic carbocycles. The first-order chi connectivity index (χ1) is 14.8. The summed E-state index contributed by atoms with van der Waals surface area (Å²) in [5.74, 6) is -0.0707. The summed E-state index contributed by atoms with van der Waals surface area (Å²) in [4.78, 5) is 28.0. The second kappa shape index (κ2) is 9.69. The molecule has 0 bridgehead atoms. The van der Waals surface area contributed by atoms with Crippen LogP contribution < -0.4 is 5.56 Å². The van der Waals surface area contributed by atoms with Crippen LogP contribution in [0.3, 0.4) is 0 Å². The van der Waals surface area contributed by atoms with Crippen molar-refractivity contribution in [2.24, 2.45) is 7.05 Å². The van der Waals surface area contributed by atoms with Crippen molar-refractivity contribution < 1.29 is 4.79 Å². The van der Waals surface area contributed by atoms with Gasteiger partial charge in [-0.25, -0.2) is 0 Å². The van der Waals surface area contributed by atoms with E-state index in [0.29, 0.717) is 17.1 Å². The molecule has 3 aromatic rings. The van der Waals surface area contributed by atoms with Gasteiger partial charge in [0.05, 0.1) is 12.2 Å². The maximum atomic E-state index is 13.5. The molecule has 2 aromatic heterocycles. The molecular formula is C24H31ClN4O2. The van der Waals surface area contributed by atoms with E-state index < -0.39 is 0 Å². The van der Waals surface area contributed by atoms with Crippen molar-refractivity contribution in [3.05, 3.63) is 68.2 Å². The van der Waals surface area contributed by atoms with Crippen LogP contribution in [0.15, 0.2) is 35.1 Å². The third-order valence-electron chi connectivity index (χ3n) is 5.96.